The van der Waals surface area contributed by atoms with E-state index in [4.69, 9.17) is 16.1 Å². The van der Waals surface area contributed by atoms with Crippen molar-refractivity contribution in [3.8, 4) is 5.75 Å². The molecule has 1 aromatic heterocycles. The van der Waals surface area contributed by atoms with Crippen molar-refractivity contribution in [2.24, 2.45) is 0 Å². The molecular formula is C13H14ClNO4. The van der Waals surface area contributed by atoms with Crippen LogP contribution < -0.4 is 11.2 Å². The topological polar surface area (TPSA) is 72.4 Å². The third-order valence-corrected chi connectivity index (χ3v) is 3.20. The van der Waals surface area contributed by atoms with Crippen LogP contribution in [0.2, 0.25) is 5.02 Å². The van der Waals surface area contributed by atoms with Crippen LogP contribution in [0.3, 0.4) is 0 Å². The molecule has 0 atom stereocenters. The summed E-state index contributed by atoms with van der Waals surface area (Å²) in [4.78, 5) is 24.3. The highest BCUT2D eigenvalue weighted by Gasteiger charge is 2.23. The second kappa shape index (κ2) is 4.13. The predicted octanol–water partition coefficient (Wildman–Crippen LogP) is 2.38. The van der Waals surface area contributed by atoms with Crippen LogP contribution in [0.15, 0.2) is 20.2 Å². The Labute approximate surface area is 114 Å². The van der Waals surface area contributed by atoms with Crippen molar-refractivity contribution in [1.29, 1.82) is 0 Å². The van der Waals surface area contributed by atoms with Gasteiger partial charge in [-0.25, -0.2) is 4.79 Å². The molecule has 0 unspecified atom stereocenters. The van der Waals surface area contributed by atoms with Gasteiger partial charge in [0.1, 0.15) is 5.75 Å². The lowest BCUT2D eigenvalue weighted by atomic mass is 10.1. The number of aromatic nitrogens is 1. The lowest BCUT2D eigenvalue weighted by molar-refractivity contribution is 0.135. The largest absolute Gasteiger partial charge is 0.506 e. The average molecular weight is 284 g/mol. The molecule has 0 aliphatic rings. The first kappa shape index (κ1) is 13.7. The van der Waals surface area contributed by atoms with Gasteiger partial charge in [-0.2, -0.15) is 4.74 Å². The first-order valence-electron chi connectivity index (χ1n) is 5.73. The third kappa shape index (κ3) is 2.04. The minimum Gasteiger partial charge on any atom is -0.506 e. The first-order valence-corrected chi connectivity index (χ1v) is 6.11. The fourth-order valence-electron chi connectivity index (χ4n) is 1.86. The Balaban J connectivity index is 3.09. The van der Waals surface area contributed by atoms with Crippen molar-refractivity contribution >= 4 is 22.4 Å². The van der Waals surface area contributed by atoms with E-state index in [1.165, 1.54) is 6.07 Å². The SMILES string of the molecule is Cc1cc2c(=O)n(C(C)(C)C)oc(=O)c2c(Cl)c1O. The number of halogens is 1. The lowest BCUT2D eigenvalue weighted by Gasteiger charge is -2.19. The number of phenolic OH excluding ortho intramolecular Hbond substituents is 1. The molecule has 0 aliphatic carbocycles. The Kier molecular flexibility index (Phi) is 2.97. The summed E-state index contributed by atoms with van der Waals surface area (Å²) in [5.41, 5.74) is -1.43. The van der Waals surface area contributed by atoms with Gasteiger partial charge in [-0.1, -0.05) is 11.6 Å². The average Bonchev–Trinajstić information content (AvgIpc) is 2.28. The molecule has 0 aliphatic heterocycles. The summed E-state index contributed by atoms with van der Waals surface area (Å²) in [7, 11) is 0. The molecule has 0 radical (unpaired) electrons. The van der Waals surface area contributed by atoms with E-state index in [-0.39, 0.29) is 21.5 Å². The van der Waals surface area contributed by atoms with E-state index >= 15 is 0 Å². The Bertz CT molecular complexity index is 780. The highest BCUT2D eigenvalue weighted by molar-refractivity contribution is 6.37. The quantitative estimate of drug-likeness (QED) is 0.806. The Hall–Kier alpha value is -1.75. The maximum absolute atomic E-state index is 12.3. The van der Waals surface area contributed by atoms with E-state index in [1.54, 1.807) is 27.7 Å². The maximum Gasteiger partial charge on any atom is 0.365 e. The van der Waals surface area contributed by atoms with Crippen LogP contribution in [-0.4, -0.2) is 9.85 Å². The molecule has 6 heteroatoms. The van der Waals surface area contributed by atoms with Crippen molar-refractivity contribution in [2.75, 3.05) is 0 Å². The second-order valence-corrected chi connectivity index (χ2v) is 5.81. The third-order valence-electron chi connectivity index (χ3n) is 2.83. The van der Waals surface area contributed by atoms with Gasteiger partial charge in [-0.3, -0.25) is 4.79 Å². The molecule has 2 rings (SSSR count). The lowest BCUT2D eigenvalue weighted by Crippen LogP contribution is -2.36. The minimum absolute atomic E-state index is 0.0877. The molecule has 19 heavy (non-hydrogen) atoms. The Morgan fingerprint density at radius 2 is 1.89 bits per heavy atom. The van der Waals surface area contributed by atoms with Crippen molar-refractivity contribution in [1.82, 2.24) is 4.74 Å². The summed E-state index contributed by atoms with van der Waals surface area (Å²) in [6.45, 7) is 6.85. The fourth-order valence-corrected chi connectivity index (χ4v) is 2.18. The smallest absolute Gasteiger partial charge is 0.365 e. The summed E-state index contributed by atoms with van der Waals surface area (Å²) in [5, 5.41) is 9.63. The first-order chi connectivity index (χ1) is 8.64. The summed E-state index contributed by atoms with van der Waals surface area (Å²) < 4.78 is 6.03. The van der Waals surface area contributed by atoms with Crippen molar-refractivity contribution in [2.45, 2.75) is 33.2 Å². The summed E-state index contributed by atoms with van der Waals surface area (Å²) >= 11 is 5.92. The number of aromatic hydroxyl groups is 1. The van der Waals surface area contributed by atoms with Crippen LogP contribution in [0.1, 0.15) is 26.3 Å². The predicted molar refractivity (Wildman–Crippen MR) is 73.2 cm³/mol. The maximum atomic E-state index is 12.3. The molecular weight excluding hydrogens is 270 g/mol. The van der Waals surface area contributed by atoms with Crippen molar-refractivity contribution in [3.63, 3.8) is 0 Å². The molecule has 5 nitrogen and oxygen atoms in total. The normalized spacial score (nSPS) is 12.1. The number of nitrogens with zero attached hydrogens (tertiary/aromatic N) is 1. The van der Waals surface area contributed by atoms with Crippen LogP contribution in [0.4, 0.5) is 0 Å². The molecule has 2 aromatic rings. The molecule has 0 fully saturated rings. The summed E-state index contributed by atoms with van der Waals surface area (Å²) in [5.74, 6) is -0.214. The molecule has 0 bridgehead atoms. The van der Waals surface area contributed by atoms with E-state index in [0.717, 1.165) is 4.74 Å². The summed E-state index contributed by atoms with van der Waals surface area (Å²) in [6, 6.07) is 1.44. The van der Waals surface area contributed by atoms with Crippen LogP contribution in [0.25, 0.3) is 10.8 Å². The number of rotatable bonds is 0. The van der Waals surface area contributed by atoms with Gasteiger partial charge >= 0.3 is 5.63 Å². The molecule has 1 N–H and O–H groups in total. The van der Waals surface area contributed by atoms with Crippen LogP contribution in [0.5, 0.6) is 5.75 Å². The zero-order valence-corrected chi connectivity index (χ0v) is 11.8. The molecule has 1 aromatic carbocycles. The summed E-state index contributed by atoms with van der Waals surface area (Å²) in [6.07, 6.45) is 0. The Morgan fingerprint density at radius 3 is 2.42 bits per heavy atom. The standard InChI is InChI=1S/C13H14ClNO4/c1-6-5-7-8(9(14)10(6)16)12(18)19-15(11(7)17)13(2,3)4/h5,16H,1-4H3. The van der Waals surface area contributed by atoms with Gasteiger partial charge in [0.25, 0.3) is 5.56 Å². The van der Waals surface area contributed by atoms with Gasteiger partial charge < -0.3 is 9.63 Å². The van der Waals surface area contributed by atoms with Crippen LogP contribution in [0, 0.1) is 6.92 Å². The van der Waals surface area contributed by atoms with E-state index in [0.29, 0.717) is 5.56 Å². The zero-order valence-electron chi connectivity index (χ0n) is 11.1. The molecule has 0 spiro atoms. The van der Waals surface area contributed by atoms with Crippen LogP contribution >= 0.6 is 11.6 Å². The van der Waals surface area contributed by atoms with E-state index in [2.05, 4.69) is 0 Å². The van der Waals surface area contributed by atoms with Gasteiger partial charge in [-0.05, 0) is 39.3 Å². The second-order valence-electron chi connectivity index (χ2n) is 5.43. The minimum atomic E-state index is -0.746. The number of fused-ring (bicyclic) bond motifs is 1. The number of hydrogen-bond acceptors (Lipinski definition) is 4. The molecule has 0 saturated carbocycles. The van der Waals surface area contributed by atoms with E-state index in [9.17, 15) is 14.7 Å². The molecule has 0 amide bonds. The van der Waals surface area contributed by atoms with Crippen molar-refractivity contribution in [3.05, 3.63) is 37.4 Å². The molecule has 102 valence electrons. The van der Waals surface area contributed by atoms with E-state index in [1.807, 2.05) is 0 Å². The highest BCUT2D eigenvalue weighted by Crippen LogP contribution is 2.32. The molecule has 1 heterocycles. The zero-order chi connectivity index (χ0) is 14.5. The van der Waals surface area contributed by atoms with Crippen LogP contribution in [-0.2, 0) is 5.54 Å². The van der Waals surface area contributed by atoms with Gasteiger partial charge in [0.2, 0.25) is 0 Å². The number of phenols is 1. The number of aryl methyl sites for hydroxylation is 1. The van der Waals surface area contributed by atoms with Gasteiger partial charge in [0.15, 0.2) is 0 Å². The monoisotopic (exact) mass is 283 g/mol. The van der Waals surface area contributed by atoms with E-state index < -0.39 is 16.7 Å². The van der Waals surface area contributed by atoms with Gasteiger partial charge in [-0.15, -0.1) is 0 Å². The van der Waals surface area contributed by atoms with Gasteiger partial charge in [0, 0.05) is 0 Å². The highest BCUT2D eigenvalue weighted by atomic mass is 35.5. The van der Waals surface area contributed by atoms with Gasteiger partial charge in [0.05, 0.1) is 21.3 Å². The number of hydrogen-bond donors (Lipinski definition) is 1. The van der Waals surface area contributed by atoms with Crippen molar-refractivity contribution < 1.29 is 9.63 Å². The molecule has 0 saturated heterocycles. The number of benzene rings is 1. The fraction of sp³-hybridized carbons (Fsp3) is 0.385. The Morgan fingerprint density at radius 1 is 1.32 bits per heavy atom.